The van der Waals surface area contributed by atoms with Gasteiger partial charge in [-0.3, -0.25) is 4.98 Å². The first-order chi connectivity index (χ1) is 9.74. The summed E-state index contributed by atoms with van der Waals surface area (Å²) in [6.45, 7) is 2.06. The molecule has 3 aromatic rings. The highest BCUT2D eigenvalue weighted by Gasteiger charge is 2.07. The highest BCUT2D eigenvalue weighted by atomic mass is 35.5. The molecule has 98 valence electrons. The van der Waals surface area contributed by atoms with E-state index >= 15 is 0 Å². The predicted molar refractivity (Wildman–Crippen MR) is 82.7 cm³/mol. The lowest BCUT2D eigenvalue weighted by atomic mass is 10.0. The van der Waals surface area contributed by atoms with Crippen LogP contribution in [0.1, 0.15) is 5.56 Å². The monoisotopic (exact) mass is 280 g/mol. The van der Waals surface area contributed by atoms with E-state index in [1.165, 1.54) is 0 Å². The smallest absolute Gasteiger partial charge is 0.0739 e. The molecular formula is C17H13ClN2. The largest absolute Gasteiger partial charge is 0.265 e. The molecule has 0 aliphatic carbocycles. The highest BCUT2D eigenvalue weighted by molar-refractivity contribution is 6.30. The summed E-state index contributed by atoms with van der Waals surface area (Å²) >= 11 is 6.07. The number of hydrogen-bond donors (Lipinski definition) is 0. The summed E-state index contributed by atoms with van der Waals surface area (Å²) in [5, 5.41) is 0.720. The van der Waals surface area contributed by atoms with Crippen molar-refractivity contribution in [3.05, 3.63) is 71.5 Å². The molecule has 2 nitrogen and oxygen atoms in total. The van der Waals surface area contributed by atoms with Crippen LogP contribution in [0.25, 0.3) is 22.5 Å². The summed E-state index contributed by atoms with van der Waals surface area (Å²) in [7, 11) is 0. The van der Waals surface area contributed by atoms with Crippen molar-refractivity contribution in [1.82, 2.24) is 9.97 Å². The minimum atomic E-state index is 0.720. The van der Waals surface area contributed by atoms with E-state index in [1.807, 2.05) is 42.5 Å². The maximum absolute atomic E-state index is 6.07. The molecule has 0 unspecified atom stereocenters. The third-order valence-corrected chi connectivity index (χ3v) is 3.41. The molecule has 0 saturated carbocycles. The lowest BCUT2D eigenvalue weighted by Crippen LogP contribution is -1.92. The van der Waals surface area contributed by atoms with E-state index in [2.05, 4.69) is 18.0 Å². The zero-order valence-electron chi connectivity index (χ0n) is 11.0. The predicted octanol–water partition coefficient (Wildman–Crippen LogP) is 4.77. The maximum Gasteiger partial charge on any atom is 0.0739 e. The van der Waals surface area contributed by atoms with Crippen molar-refractivity contribution in [3.8, 4) is 22.5 Å². The molecule has 3 heteroatoms. The Morgan fingerprint density at radius 2 is 1.70 bits per heavy atom. The van der Waals surface area contributed by atoms with Crippen LogP contribution in [-0.2, 0) is 0 Å². The Labute approximate surface area is 123 Å². The molecule has 3 rings (SSSR count). The van der Waals surface area contributed by atoms with Gasteiger partial charge in [-0.2, -0.15) is 0 Å². The van der Waals surface area contributed by atoms with Crippen molar-refractivity contribution >= 4 is 11.6 Å². The second-order valence-electron chi connectivity index (χ2n) is 4.61. The molecule has 2 aromatic heterocycles. The molecule has 0 amide bonds. The van der Waals surface area contributed by atoms with E-state index in [0.717, 1.165) is 33.1 Å². The number of hydrogen-bond acceptors (Lipinski definition) is 2. The van der Waals surface area contributed by atoms with Crippen molar-refractivity contribution in [2.75, 3.05) is 0 Å². The molecule has 0 fully saturated rings. The Morgan fingerprint density at radius 1 is 0.900 bits per heavy atom. The van der Waals surface area contributed by atoms with Crippen molar-refractivity contribution in [2.24, 2.45) is 0 Å². The van der Waals surface area contributed by atoms with E-state index in [1.54, 1.807) is 12.4 Å². The Kier molecular flexibility index (Phi) is 3.48. The van der Waals surface area contributed by atoms with Crippen LogP contribution in [0.3, 0.4) is 0 Å². The van der Waals surface area contributed by atoms with Crippen molar-refractivity contribution < 1.29 is 0 Å². The summed E-state index contributed by atoms with van der Waals surface area (Å²) in [6.07, 6.45) is 3.55. The van der Waals surface area contributed by atoms with Crippen LogP contribution < -0.4 is 0 Å². The van der Waals surface area contributed by atoms with E-state index < -0.39 is 0 Å². The number of aryl methyl sites for hydroxylation is 1. The number of nitrogens with zero attached hydrogens (tertiary/aromatic N) is 2. The van der Waals surface area contributed by atoms with E-state index in [4.69, 9.17) is 16.6 Å². The fraction of sp³-hybridized carbons (Fsp3) is 0.0588. The van der Waals surface area contributed by atoms with Crippen LogP contribution >= 0.6 is 11.6 Å². The van der Waals surface area contributed by atoms with Gasteiger partial charge in [0.25, 0.3) is 0 Å². The van der Waals surface area contributed by atoms with E-state index in [0.29, 0.717) is 0 Å². The second-order valence-corrected chi connectivity index (χ2v) is 5.04. The number of halogens is 1. The van der Waals surface area contributed by atoms with E-state index in [-0.39, 0.29) is 0 Å². The third-order valence-electron chi connectivity index (χ3n) is 3.17. The van der Waals surface area contributed by atoms with Gasteiger partial charge in [-0.15, -0.1) is 0 Å². The SMILES string of the molecule is Cc1ccc(-c2ccncc2)nc1-c1cccc(Cl)c1. The fourth-order valence-corrected chi connectivity index (χ4v) is 2.33. The van der Waals surface area contributed by atoms with Crippen molar-refractivity contribution in [2.45, 2.75) is 6.92 Å². The molecule has 20 heavy (non-hydrogen) atoms. The van der Waals surface area contributed by atoms with Gasteiger partial charge in [0.15, 0.2) is 0 Å². The summed E-state index contributed by atoms with van der Waals surface area (Å²) in [6, 6.07) is 15.8. The van der Waals surface area contributed by atoms with Gasteiger partial charge in [0, 0.05) is 28.5 Å². The molecule has 2 heterocycles. The van der Waals surface area contributed by atoms with Crippen molar-refractivity contribution in [3.63, 3.8) is 0 Å². The van der Waals surface area contributed by atoms with Gasteiger partial charge in [-0.25, -0.2) is 4.98 Å². The molecule has 0 saturated heterocycles. The van der Waals surface area contributed by atoms with Gasteiger partial charge in [-0.1, -0.05) is 29.8 Å². The fourth-order valence-electron chi connectivity index (χ4n) is 2.14. The number of pyridine rings is 2. The summed E-state index contributed by atoms with van der Waals surface area (Å²) in [4.78, 5) is 8.80. The van der Waals surface area contributed by atoms with Gasteiger partial charge < -0.3 is 0 Å². The van der Waals surface area contributed by atoms with Gasteiger partial charge in [-0.05, 0) is 42.8 Å². The molecule has 0 radical (unpaired) electrons. The van der Waals surface area contributed by atoms with Gasteiger partial charge in [0.05, 0.1) is 11.4 Å². The van der Waals surface area contributed by atoms with Crippen LogP contribution in [0.15, 0.2) is 60.9 Å². The molecule has 0 aliphatic heterocycles. The quantitative estimate of drug-likeness (QED) is 0.675. The average Bonchev–Trinajstić information content (AvgIpc) is 2.48. The van der Waals surface area contributed by atoms with Crippen LogP contribution in [0.4, 0.5) is 0 Å². The van der Waals surface area contributed by atoms with Gasteiger partial charge >= 0.3 is 0 Å². The van der Waals surface area contributed by atoms with Crippen molar-refractivity contribution in [1.29, 1.82) is 0 Å². The summed E-state index contributed by atoms with van der Waals surface area (Å²) < 4.78 is 0. The lowest BCUT2D eigenvalue weighted by molar-refractivity contribution is 1.26. The highest BCUT2D eigenvalue weighted by Crippen LogP contribution is 2.27. The Balaban J connectivity index is 2.12. The van der Waals surface area contributed by atoms with Crippen LogP contribution in [-0.4, -0.2) is 9.97 Å². The first-order valence-electron chi connectivity index (χ1n) is 6.38. The molecule has 0 bridgehead atoms. The van der Waals surface area contributed by atoms with Gasteiger partial charge in [0.2, 0.25) is 0 Å². The zero-order chi connectivity index (χ0) is 13.9. The molecular weight excluding hydrogens is 268 g/mol. The minimum Gasteiger partial charge on any atom is -0.265 e. The molecule has 0 N–H and O–H groups in total. The molecule has 0 spiro atoms. The topological polar surface area (TPSA) is 25.8 Å². The zero-order valence-corrected chi connectivity index (χ0v) is 11.8. The number of rotatable bonds is 2. The Bertz CT molecular complexity index is 739. The summed E-state index contributed by atoms with van der Waals surface area (Å²) in [5.41, 5.74) is 5.12. The molecule has 1 aromatic carbocycles. The standard InChI is InChI=1S/C17H13ClN2/c1-12-5-6-16(13-7-9-19-10-8-13)20-17(12)14-3-2-4-15(18)11-14/h2-11H,1H3. The first-order valence-corrected chi connectivity index (χ1v) is 6.76. The summed E-state index contributed by atoms with van der Waals surface area (Å²) in [5.74, 6) is 0. The Morgan fingerprint density at radius 3 is 2.45 bits per heavy atom. The number of benzene rings is 1. The minimum absolute atomic E-state index is 0.720. The molecule has 0 atom stereocenters. The third kappa shape index (κ3) is 2.56. The molecule has 0 aliphatic rings. The number of aromatic nitrogens is 2. The first kappa shape index (κ1) is 12.8. The van der Waals surface area contributed by atoms with E-state index in [9.17, 15) is 0 Å². The van der Waals surface area contributed by atoms with Crippen LogP contribution in [0, 0.1) is 6.92 Å². The lowest BCUT2D eigenvalue weighted by Gasteiger charge is -2.08. The van der Waals surface area contributed by atoms with Crippen LogP contribution in [0.2, 0.25) is 5.02 Å². The average molecular weight is 281 g/mol. The van der Waals surface area contributed by atoms with Gasteiger partial charge in [0.1, 0.15) is 0 Å². The van der Waals surface area contributed by atoms with Crippen LogP contribution in [0.5, 0.6) is 0 Å². The maximum atomic E-state index is 6.07. The Hall–Kier alpha value is -2.19. The second kappa shape index (κ2) is 5.43. The normalized spacial score (nSPS) is 10.5.